The van der Waals surface area contributed by atoms with Gasteiger partial charge in [-0.3, -0.25) is 4.79 Å². The highest BCUT2D eigenvalue weighted by molar-refractivity contribution is 7.99. The monoisotopic (exact) mass is 351 g/mol. The summed E-state index contributed by atoms with van der Waals surface area (Å²) in [6.45, 7) is 7.77. The predicted molar refractivity (Wildman–Crippen MR) is 95.8 cm³/mol. The van der Waals surface area contributed by atoms with E-state index in [4.69, 9.17) is 4.74 Å². The van der Waals surface area contributed by atoms with Gasteiger partial charge in [0.2, 0.25) is 0 Å². The van der Waals surface area contributed by atoms with E-state index >= 15 is 0 Å². The Labute approximate surface area is 147 Å². The van der Waals surface area contributed by atoms with Crippen LogP contribution in [0.2, 0.25) is 0 Å². The van der Waals surface area contributed by atoms with E-state index in [0.717, 1.165) is 16.9 Å². The second-order valence-corrected chi connectivity index (χ2v) is 7.72. The number of hydrogen-bond acceptors (Lipinski definition) is 4. The minimum absolute atomic E-state index is 0.364. The normalized spacial score (nSPS) is 21.5. The van der Waals surface area contributed by atoms with E-state index in [1.54, 1.807) is 6.92 Å². The van der Waals surface area contributed by atoms with E-state index < -0.39 is 23.5 Å². The van der Waals surface area contributed by atoms with Crippen LogP contribution in [0.5, 0.6) is 5.75 Å². The highest BCUT2D eigenvalue weighted by Gasteiger charge is 2.44. The van der Waals surface area contributed by atoms with Crippen LogP contribution in [0.3, 0.4) is 0 Å². The molecule has 1 aromatic carbocycles. The Hall–Kier alpha value is -1.69. The summed E-state index contributed by atoms with van der Waals surface area (Å²) < 4.78 is 5.82. The summed E-state index contributed by atoms with van der Waals surface area (Å²) >= 11 is 1.54. The molecule has 1 heterocycles. The first-order valence-electron chi connectivity index (χ1n) is 8.15. The number of aryl methyl sites for hydroxylation is 1. The Balaban J connectivity index is 2.09. The van der Waals surface area contributed by atoms with E-state index in [1.807, 2.05) is 25.1 Å². The molecular formula is C18H25NO4S. The van der Waals surface area contributed by atoms with Gasteiger partial charge in [-0.1, -0.05) is 26.0 Å². The van der Waals surface area contributed by atoms with Crippen molar-refractivity contribution in [3.63, 3.8) is 0 Å². The molecule has 1 amide bonds. The van der Waals surface area contributed by atoms with Gasteiger partial charge in [0, 0.05) is 5.75 Å². The van der Waals surface area contributed by atoms with Crippen LogP contribution >= 0.6 is 11.8 Å². The number of carbonyl (C=O) groups is 2. The molecule has 0 aliphatic carbocycles. The van der Waals surface area contributed by atoms with Crippen molar-refractivity contribution in [1.29, 1.82) is 0 Å². The average molecular weight is 351 g/mol. The van der Waals surface area contributed by atoms with Gasteiger partial charge in [0.15, 0.2) is 6.10 Å². The number of thioether (sulfide) groups is 1. The lowest BCUT2D eigenvalue weighted by atomic mass is 9.99. The standard InChI is InChI=1S/C18H25NO4S/c1-11(2)14-6-5-12(3)15(9-14)23-13(4)16(20)19-18(17(21)22)7-8-24-10-18/h5-6,9,11,13H,7-8,10H2,1-4H3,(H,19,20)(H,21,22). The van der Waals surface area contributed by atoms with Crippen LogP contribution in [0.15, 0.2) is 18.2 Å². The maximum atomic E-state index is 12.4. The van der Waals surface area contributed by atoms with Gasteiger partial charge < -0.3 is 15.2 Å². The number of ether oxygens (including phenoxy) is 1. The van der Waals surface area contributed by atoms with Gasteiger partial charge in [0.05, 0.1) is 0 Å². The molecule has 5 nitrogen and oxygen atoms in total. The number of nitrogens with one attached hydrogen (secondary N) is 1. The topological polar surface area (TPSA) is 75.6 Å². The molecule has 6 heteroatoms. The zero-order chi connectivity index (χ0) is 17.9. The summed E-state index contributed by atoms with van der Waals surface area (Å²) in [5.41, 5.74) is 0.912. The summed E-state index contributed by atoms with van der Waals surface area (Å²) in [6.07, 6.45) is -0.319. The Kier molecular flexibility index (Phi) is 5.80. The lowest BCUT2D eigenvalue weighted by Gasteiger charge is -2.27. The van der Waals surface area contributed by atoms with Crippen LogP contribution < -0.4 is 10.1 Å². The molecule has 0 bridgehead atoms. The van der Waals surface area contributed by atoms with Crippen LogP contribution in [0.1, 0.15) is 44.2 Å². The van der Waals surface area contributed by atoms with E-state index in [2.05, 4.69) is 19.2 Å². The average Bonchev–Trinajstić information content (AvgIpc) is 2.99. The third-order valence-electron chi connectivity index (χ3n) is 4.35. The molecule has 0 saturated carbocycles. The Morgan fingerprint density at radius 3 is 2.58 bits per heavy atom. The van der Waals surface area contributed by atoms with Gasteiger partial charge in [-0.05, 0) is 49.1 Å². The second kappa shape index (κ2) is 7.47. The summed E-state index contributed by atoms with van der Waals surface area (Å²) in [5.74, 6) is 0.775. The van der Waals surface area contributed by atoms with E-state index in [0.29, 0.717) is 23.8 Å². The molecule has 1 aliphatic rings. The third-order valence-corrected chi connectivity index (χ3v) is 5.54. The summed E-state index contributed by atoms with van der Waals surface area (Å²) in [7, 11) is 0. The summed E-state index contributed by atoms with van der Waals surface area (Å²) in [5, 5.41) is 12.1. The highest BCUT2D eigenvalue weighted by atomic mass is 32.2. The molecule has 1 aliphatic heterocycles. The Morgan fingerprint density at radius 1 is 1.33 bits per heavy atom. The Bertz CT molecular complexity index is 623. The smallest absolute Gasteiger partial charge is 0.330 e. The SMILES string of the molecule is Cc1ccc(C(C)C)cc1OC(C)C(=O)NC1(C(=O)O)CCSC1. The minimum Gasteiger partial charge on any atom is -0.481 e. The fourth-order valence-electron chi connectivity index (χ4n) is 2.57. The zero-order valence-corrected chi connectivity index (χ0v) is 15.4. The van der Waals surface area contributed by atoms with Crippen molar-refractivity contribution in [2.24, 2.45) is 0 Å². The van der Waals surface area contributed by atoms with Crippen LogP contribution in [-0.2, 0) is 9.59 Å². The molecule has 132 valence electrons. The first kappa shape index (κ1) is 18.6. The van der Waals surface area contributed by atoms with Crippen LogP contribution in [0.25, 0.3) is 0 Å². The number of rotatable bonds is 6. The molecule has 1 saturated heterocycles. The van der Waals surface area contributed by atoms with Crippen molar-refractivity contribution < 1.29 is 19.4 Å². The minimum atomic E-state index is -1.17. The first-order valence-corrected chi connectivity index (χ1v) is 9.31. The second-order valence-electron chi connectivity index (χ2n) is 6.62. The van der Waals surface area contributed by atoms with E-state index in [9.17, 15) is 14.7 Å². The lowest BCUT2D eigenvalue weighted by molar-refractivity contribution is -0.147. The molecular weight excluding hydrogens is 326 g/mol. The summed E-state index contributed by atoms with van der Waals surface area (Å²) in [4.78, 5) is 24.0. The molecule has 2 N–H and O–H groups in total. The van der Waals surface area contributed by atoms with Gasteiger partial charge in [-0.2, -0.15) is 11.8 Å². The molecule has 2 rings (SSSR count). The number of benzene rings is 1. The van der Waals surface area contributed by atoms with Crippen LogP contribution in [0.4, 0.5) is 0 Å². The summed E-state index contributed by atoms with van der Waals surface area (Å²) in [6, 6.07) is 5.97. The fourth-order valence-corrected chi connectivity index (χ4v) is 3.90. The van der Waals surface area contributed by atoms with Crippen molar-refractivity contribution in [2.75, 3.05) is 11.5 Å². The predicted octanol–water partition coefficient (Wildman–Crippen LogP) is 2.96. The van der Waals surface area contributed by atoms with Gasteiger partial charge in [0.25, 0.3) is 5.91 Å². The number of amides is 1. The van der Waals surface area contributed by atoms with Crippen molar-refractivity contribution in [3.8, 4) is 5.75 Å². The zero-order valence-electron chi connectivity index (χ0n) is 14.6. The maximum absolute atomic E-state index is 12.4. The van der Waals surface area contributed by atoms with Gasteiger partial charge in [0.1, 0.15) is 11.3 Å². The van der Waals surface area contributed by atoms with Crippen molar-refractivity contribution >= 4 is 23.6 Å². The molecule has 1 aromatic rings. The van der Waals surface area contributed by atoms with Crippen LogP contribution in [0, 0.1) is 6.92 Å². The van der Waals surface area contributed by atoms with Gasteiger partial charge in [-0.25, -0.2) is 4.79 Å². The number of hydrogen-bond donors (Lipinski definition) is 2. The quantitative estimate of drug-likeness (QED) is 0.824. The highest BCUT2D eigenvalue weighted by Crippen LogP contribution is 2.29. The molecule has 24 heavy (non-hydrogen) atoms. The molecule has 0 radical (unpaired) electrons. The fraction of sp³-hybridized carbons (Fsp3) is 0.556. The maximum Gasteiger partial charge on any atom is 0.330 e. The van der Waals surface area contributed by atoms with Gasteiger partial charge in [-0.15, -0.1) is 0 Å². The van der Waals surface area contributed by atoms with Gasteiger partial charge >= 0.3 is 5.97 Å². The molecule has 0 aromatic heterocycles. The largest absolute Gasteiger partial charge is 0.481 e. The number of aliphatic carboxylic acids is 1. The first-order chi connectivity index (χ1) is 11.2. The van der Waals surface area contributed by atoms with Crippen molar-refractivity contribution in [1.82, 2.24) is 5.32 Å². The number of carboxylic acid groups (broad SMARTS) is 1. The third kappa shape index (κ3) is 4.04. The van der Waals surface area contributed by atoms with Crippen LogP contribution in [-0.4, -0.2) is 40.1 Å². The molecule has 2 unspecified atom stereocenters. The van der Waals surface area contributed by atoms with E-state index in [1.165, 1.54) is 11.8 Å². The number of carboxylic acids is 1. The molecule has 2 atom stereocenters. The molecule has 0 spiro atoms. The van der Waals surface area contributed by atoms with Crippen molar-refractivity contribution in [3.05, 3.63) is 29.3 Å². The number of carbonyl (C=O) groups excluding carboxylic acids is 1. The Morgan fingerprint density at radius 2 is 2.04 bits per heavy atom. The lowest BCUT2D eigenvalue weighted by Crippen LogP contribution is -2.57. The van der Waals surface area contributed by atoms with Crippen molar-refractivity contribution in [2.45, 2.75) is 51.7 Å². The molecule has 1 fully saturated rings. The van der Waals surface area contributed by atoms with E-state index in [-0.39, 0.29) is 0 Å².